The van der Waals surface area contributed by atoms with Crippen LogP contribution in [-0.2, 0) is 11.4 Å². The second-order valence-corrected chi connectivity index (χ2v) is 4.87. The van der Waals surface area contributed by atoms with Crippen LogP contribution >= 0.6 is 0 Å². The molecule has 4 heteroatoms. The molecule has 0 radical (unpaired) electrons. The van der Waals surface area contributed by atoms with Crippen molar-refractivity contribution in [2.45, 2.75) is 25.6 Å². The molecule has 0 bridgehead atoms. The van der Waals surface area contributed by atoms with Crippen LogP contribution in [0.4, 0.5) is 0 Å². The molecule has 0 aliphatic heterocycles. The summed E-state index contributed by atoms with van der Waals surface area (Å²) in [6.45, 7) is 1.82. The third-order valence-corrected chi connectivity index (χ3v) is 3.24. The van der Waals surface area contributed by atoms with Gasteiger partial charge in [-0.2, -0.15) is 0 Å². The van der Waals surface area contributed by atoms with E-state index in [2.05, 4.69) is 0 Å². The normalized spacial score (nSPS) is 13.4. The summed E-state index contributed by atoms with van der Waals surface area (Å²) >= 11 is 0. The minimum Gasteiger partial charge on any atom is -0.489 e. The van der Waals surface area contributed by atoms with Crippen LogP contribution in [0.2, 0.25) is 0 Å². The topological polar surface area (TPSA) is 66.8 Å². The van der Waals surface area contributed by atoms with E-state index in [9.17, 15) is 15.0 Å². The lowest BCUT2D eigenvalue weighted by molar-refractivity contribution is -0.141. The van der Waals surface area contributed by atoms with Crippen LogP contribution in [-0.4, -0.2) is 22.3 Å². The molecule has 0 fully saturated rings. The zero-order valence-corrected chi connectivity index (χ0v) is 11.8. The van der Waals surface area contributed by atoms with Gasteiger partial charge in [-0.05, 0) is 18.6 Å². The number of ether oxygens (including phenoxy) is 1. The minimum absolute atomic E-state index is 0.351. The highest BCUT2D eigenvalue weighted by atomic mass is 16.5. The fourth-order valence-electron chi connectivity index (χ4n) is 2.20. The van der Waals surface area contributed by atoms with Gasteiger partial charge in [0.1, 0.15) is 18.3 Å². The van der Waals surface area contributed by atoms with Crippen LogP contribution in [0.1, 0.15) is 24.0 Å². The summed E-state index contributed by atoms with van der Waals surface area (Å²) in [5, 5.41) is 19.0. The van der Waals surface area contributed by atoms with Crippen molar-refractivity contribution in [3.63, 3.8) is 0 Å². The van der Waals surface area contributed by atoms with Crippen LogP contribution < -0.4 is 4.74 Å². The maximum atomic E-state index is 11.4. The monoisotopic (exact) mass is 286 g/mol. The highest BCUT2D eigenvalue weighted by Gasteiger charge is 2.28. The van der Waals surface area contributed by atoms with Crippen molar-refractivity contribution < 1.29 is 19.7 Å². The van der Waals surface area contributed by atoms with Gasteiger partial charge in [0.05, 0.1) is 6.10 Å². The van der Waals surface area contributed by atoms with Gasteiger partial charge in [0.2, 0.25) is 0 Å². The average Bonchev–Trinajstić information content (AvgIpc) is 2.47. The summed E-state index contributed by atoms with van der Waals surface area (Å²) in [5.41, 5.74) is 1.48. The predicted molar refractivity (Wildman–Crippen MR) is 79.3 cm³/mol. The van der Waals surface area contributed by atoms with Gasteiger partial charge in [-0.1, -0.05) is 48.5 Å². The Morgan fingerprint density at radius 2 is 1.71 bits per heavy atom. The molecule has 0 spiro atoms. The van der Waals surface area contributed by atoms with Gasteiger partial charge < -0.3 is 14.9 Å². The second kappa shape index (κ2) is 6.90. The van der Waals surface area contributed by atoms with E-state index < -0.39 is 18.0 Å². The predicted octanol–water partition coefficient (Wildman–Crippen LogP) is 2.81. The lowest BCUT2D eigenvalue weighted by atomic mass is 9.93. The Morgan fingerprint density at radius 3 is 2.33 bits per heavy atom. The third-order valence-electron chi connectivity index (χ3n) is 3.24. The van der Waals surface area contributed by atoms with E-state index in [4.69, 9.17) is 4.74 Å². The average molecular weight is 286 g/mol. The smallest absolute Gasteiger partial charge is 0.313 e. The number of carbonyl (C=O) groups is 1. The van der Waals surface area contributed by atoms with E-state index >= 15 is 0 Å². The first kappa shape index (κ1) is 15.1. The minimum atomic E-state index is -1.07. The number of carboxylic acids is 1. The molecule has 110 valence electrons. The molecule has 4 nitrogen and oxygen atoms in total. The van der Waals surface area contributed by atoms with Crippen molar-refractivity contribution in [1.82, 2.24) is 0 Å². The quantitative estimate of drug-likeness (QED) is 0.857. The van der Waals surface area contributed by atoms with E-state index in [-0.39, 0.29) is 0 Å². The SMILES string of the molecule is CC(O)C(C(=O)O)c1ccccc1OCc1ccccc1. The van der Waals surface area contributed by atoms with E-state index in [1.807, 2.05) is 30.3 Å². The lowest BCUT2D eigenvalue weighted by Crippen LogP contribution is -2.24. The number of hydrogen-bond acceptors (Lipinski definition) is 3. The third kappa shape index (κ3) is 3.83. The van der Waals surface area contributed by atoms with Crippen molar-refractivity contribution in [2.75, 3.05) is 0 Å². The summed E-state index contributed by atoms with van der Waals surface area (Å²) in [4.78, 5) is 11.4. The summed E-state index contributed by atoms with van der Waals surface area (Å²) < 4.78 is 5.73. The maximum absolute atomic E-state index is 11.4. The van der Waals surface area contributed by atoms with Crippen molar-refractivity contribution >= 4 is 5.97 Å². The Hall–Kier alpha value is -2.33. The zero-order valence-electron chi connectivity index (χ0n) is 11.8. The van der Waals surface area contributed by atoms with Crippen LogP contribution in [0, 0.1) is 0 Å². The molecule has 2 unspecified atom stereocenters. The Balaban J connectivity index is 2.22. The Kier molecular flexibility index (Phi) is 4.95. The van der Waals surface area contributed by atoms with Crippen LogP contribution in [0.5, 0.6) is 5.75 Å². The molecular formula is C17H18O4. The first-order valence-corrected chi connectivity index (χ1v) is 6.76. The standard InChI is InChI=1S/C17H18O4/c1-12(18)16(17(19)20)14-9-5-6-10-15(14)21-11-13-7-3-2-4-8-13/h2-10,12,16,18H,11H2,1H3,(H,19,20). The molecule has 0 aromatic heterocycles. The van der Waals surface area contributed by atoms with E-state index in [1.54, 1.807) is 24.3 Å². The largest absolute Gasteiger partial charge is 0.489 e. The van der Waals surface area contributed by atoms with Gasteiger partial charge in [-0.15, -0.1) is 0 Å². The van der Waals surface area contributed by atoms with Crippen LogP contribution in [0.25, 0.3) is 0 Å². The van der Waals surface area contributed by atoms with Gasteiger partial charge in [0.25, 0.3) is 0 Å². The second-order valence-electron chi connectivity index (χ2n) is 4.87. The number of aliphatic hydroxyl groups excluding tert-OH is 1. The van der Waals surface area contributed by atoms with E-state index in [0.29, 0.717) is 17.9 Å². The number of para-hydroxylation sites is 1. The molecule has 21 heavy (non-hydrogen) atoms. The number of rotatable bonds is 6. The number of benzene rings is 2. The molecule has 0 heterocycles. The first-order valence-electron chi connectivity index (χ1n) is 6.76. The van der Waals surface area contributed by atoms with Crippen molar-refractivity contribution in [1.29, 1.82) is 0 Å². The highest BCUT2D eigenvalue weighted by molar-refractivity contribution is 5.78. The Morgan fingerprint density at radius 1 is 1.10 bits per heavy atom. The molecule has 2 N–H and O–H groups in total. The summed E-state index contributed by atoms with van der Waals surface area (Å²) in [6.07, 6.45) is -0.996. The summed E-state index contributed by atoms with van der Waals surface area (Å²) in [6, 6.07) is 16.5. The molecule has 0 saturated carbocycles. The number of aliphatic carboxylic acids is 1. The van der Waals surface area contributed by atoms with Gasteiger partial charge in [-0.25, -0.2) is 0 Å². The first-order chi connectivity index (χ1) is 10.1. The fraction of sp³-hybridized carbons (Fsp3) is 0.235. The lowest BCUT2D eigenvalue weighted by Gasteiger charge is -2.19. The van der Waals surface area contributed by atoms with E-state index in [0.717, 1.165) is 5.56 Å². The van der Waals surface area contributed by atoms with Gasteiger partial charge in [0, 0.05) is 5.56 Å². The Labute approximate surface area is 123 Å². The van der Waals surface area contributed by atoms with Crippen LogP contribution in [0.3, 0.4) is 0 Å². The summed E-state index contributed by atoms with van der Waals surface area (Å²) in [7, 11) is 0. The highest BCUT2D eigenvalue weighted by Crippen LogP contribution is 2.30. The van der Waals surface area contributed by atoms with Gasteiger partial charge >= 0.3 is 5.97 Å². The number of hydrogen-bond donors (Lipinski definition) is 2. The molecule has 2 rings (SSSR count). The molecule has 2 atom stereocenters. The molecule has 2 aromatic carbocycles. The van der Waals surface area contributed by atoms with Crippen LogP contribution in [0.15, 0.2) is 54.6 Å². The van der Waals surface area contributed by atoms with Crippen molar-refractivity contribution in [2.24, 2.45) is 0 Å². The summed E-state index contributed by atoms with van der Waals surface area (Å²) in [5.74, 6) is -1.59. The molecule has 2 aromatic rings. The molecule has 0 saturated heterocycles. The molecule has 0 aliphatic carbocycles. The molecular weight excluding hydrogens is 268 g/mol. The Bertz CT molecular complexity index is 593. The fourth-order valence-corrected chi connectivity index (χ4v) is 2.20. The van der Waals surface area contributed by atoms with Gasteiger partial charge in [-0.3, -0.25) is 4.79 Å². The number of aliphatic hydroxyl groups is 1. The zero-order chi connectivity index (χ0) is 15.2. The van der Waals surface area contributed by atoms with Crippen molar-refractivity contribution in [3.05, 3.63) is 65.7 Å². The molecule has 0 amide bonds. The number of carboxylic acid groups (broad SMARTS) is 1. The van der Waals surface area contributed by atoms with Gasteiger partial charge in [0.15, 0.2) is 0 Å². The van der Waals surface area contributed by atoms with Crippen molar-refractivity contribution in [3.8, 4) is 5.75 Å². The maximum Gasteiger partial charge on any atom is 0.313 e. The van der Waals surface area contributed by atoms with E-state index in [1.165, 1.54) is 6.92 Å². The molecule has 0 aliphatic rings.